The molecule has 0 saturated heterocycles. The zero-order valence-corrected chi connectivity index (χ0v) is 1.30. The van der Waals surface area contributed by atoms with Crippen LogP contribution in [-0.2, 0) is 0 Å². The second-order valence-corrected chi connectivity index (χ2v) is 0.0816. The van der Waals surface area contributed by atoms with Gasteiger partial charge in [0.15, 0.2) is 5.34 Å². The van der Waals surface area contributed by atoms with E-state index < -0.39 is 0 Å². The molecular formula is H3BaNO2. The molecule has 3 nitrogen and oxygen atoms in total. The van der Waals surface area contributed by atoms with Crippen LogP contribution in [0.5, 0.6) is 0 Å². The molecule has 0 aliphatic carbocycles. The van der Waals surface area contributed by atoms with E-state index in [2.05, 4.69) is 0 Å². The van der Waals surface area contributed by atoms with Gasteiger partial charge in [-0.25, -0.2) is 0 Å². The molecule has 4 heavy (non-hydrogen) atoms. The van der Waals surface area contributed by atoms with Gasteiger partial charge in [0, 0.05) is 0 Å². The molecule has 1 N–H and O–H groups in total. The Morgan fingerprint density at radius 1 is 1.75 bits per heavy atom. The van der Waals surface area contributed by atoms with Crippen LogP contribution in [0.25, 0.3) is 0 Å². The van der Waals surface area contributed by atoms with Crippen molar-refractivity contribution >= 4 is 48.9 Å². The van der Waals surface area contributed by atoms with Crippen LogP contribution in [0.4, 0.5) is 0 Å². The van der Waals surface area contributed by atoms with Crippen molar-refractivity contribution in [2.24, 2.45) is 5.34 Å². The summed E-state index contributed by atoms with van der Waals surface area (Å²) < 4.78 is 0. The Morgan fingerprint density at radius 2 is 1.75 bits per heavy atom. The summed E-state index contributed by atoms with van der Waals surface area (Å²) in [6.07, 6.45) is 0. The fourth-order valence-electron chi connectivity index (χ4n) is 0. The van der Waals surface area contributed by atoms with E-state index in [1.165, 1.54) is 5.34 Å². The summed E-state index contributed by atoms with van der Waals surface area (Å²) in [6, 6.07) is 0. The fourth-order valence-corrected chi connectivity index (χ4v) is 0. The summed E-state index contributed by atoms with van der Waals surface area (Å²) in [5.74, 6) is 0. The Bertz CT molecular complexity index is 13.5. The topological polar surface area (TPSA) is 49.7 Å². The van der Waals surface area contributed by atoms with Crippen molar-refractivity contribution in [3.05, 3.63) is 4.91 Å². The predicted molar refractivity (Wildman–Crippen MR) is 16.1 cm³/mol. The molecule has 0 fully saturated rings. The van der Waals surface area contributed by atoms with E-state index in [-0.39, 0.29) is 48.9 Å². The van der Waals surface area contributed by atoms with Crippen LogP contribution in [-0.4, -0.2) is 54.1 Å². The standard InChI is InChI=1S/Ba.HNO2.2H/c;2-1-3;;/h;(H,2,3);;. The molecule has 0 rings (SSSR count). The first-order valence-electron chi connectivity index (χ1n) is 0.383. The number of nitrogens with zero attached hydrogens (tertiary/aromatic N) is 1. The van der Waals surface area contributed by atoms with Gasteiger partial charge in [-0.2, -0.15) is 0 Å². The van der Waals surface area contributed by atoms with Crippen LogP contribution < -0.4 is 0 Å². The quantitative estimate of drug-likeness (QED) is 0.307. The van der Waals surface area contributed by atoms with Crippen LogP contribution in [0.1, 0.15) is 0 Å². The summed E-state index contributed by atoms with van der Waals surface area (Å²) in [7, 11) is 0. The van der Waals surface area contributed by atoms with Crippen molar-refractivity contribution in [3.63, 3.8) is 0 Å². The van der Waals surface area contributed by atoms with Crippen LogP contribution in [0.3, 0.4) is 0 Å². The van der Waals surface area contributed by atoms with Crippen LogP contribution >= 0.6 is 0 Å². The van der Waals surface area contributed by atoms with Crippen LogP contribution in [0, 0.1) is 4.91 Å². The van der Waals surface area contributed by atoms with Crippen molar-refractivity contribution in [1.82, 2.24) is 0 Å². The first-order chi connectivity index (χ1) is 1.41. The van der Waals surface area contributed by atoms with Gasteiger partial charge in [-0.15, -0.1) is 4.91 Å². The normalized spacial score (nSPS) is 3.00. The average Bonchev–Trinajstić information content (AvgIpc) is 0.918. The maximum atomic E-state index is 8.11. The maximum absolute atomic E-state index is 8.11. The molecule has 0 amide bonds. The van der Waals surface area contributed by atoms with Crippen LogP contribution in [0.2, 0.25) is 0 Å². The Balaban J connectivity index is 0. The van der Waals surface area contributed by atoms with Gasteiger partial charge in [0.05, 0.1) is 0 Å². The van der Waals surface area contributed by atoms with Crippen molar-refractivity contribution in [1.29, 1.82) is 0 Å². The number of rotatable bonds is 0. The molecule has 0 aromatic carbocycles. The van der Waals surface area contributed by atoms with Gasteiger partial charge in [-0.3, -0.25) is 0 Å². The van der Waals surface area contributed by atoms with E-state index in [9.17, 15) is 0 Å². The molecule has 22 valence electrons. The first kappa shape index (κ1) is 8.88. The van der Waals surface area contributed by atoms with E-state index in [0.717, 1.165) is 0 Å². The van der Waals surface area contributed by atoms with E-state index in [1.807, 2.05) is 0 Å². The molecule has 0 unspecified atom stereocenters. The second-order valence-electron chi connectivity index (χ2n) is 0.0816. The zero-order chi connectivity index (χ0) is 2.71. The van der Waals surface area contributed by atoms with Crippen molar-refractivity contribution < 1.29 is 5.21 Å². The van der Waals surface area contributed by atoms with Crippen molar-refractivity contribution in [3.8, 4) is 0 Å². The molecule has 0 bridgehead atoms. The Kier molecular flexibility index (Phi) is 20.0. The third kappa shape index (κ3) is 12.2. The van der Waals surface area contributed by atoms with Crippen molar-refractivity contribution in [2.75, 3.05) is 0 Å². The summed E-state index contributed by atoms with van der Waals surface area (Å²) in [5, 5.41) is 7.89. The summed E-state index contributed by atoms with van der Waals surface area (Å²) in [5.41, 5.74) is 0. The molecule has 0 spiro atoms. The van der Waals surface area contributed by atoms with Gasteiger partial charge < -0.3 is 5.21 Å². The summed E-state index contributed by atoms with van der Waals surface area (Å²) in [4.78, 5) is 8.11. The number of hydrogen-bond acceptors (Lipinski definition) is 2. The first-order valence-corrected chi connectivity index (χ1v) is 0.383. The average molecular weight is 186 g/mol. The van der Waals surface area contributed by atoms with E-state index in [1.54, 1.807) is 0 Å². The van der Waals surface area contributed by atoms with Gasteiger partial charge in [0.25, 0.3) is 0 Å². The van der Waals surface area contributed by atoms with Crippen LogP contribution in [0.15, 0.2) is 5.34 Å². The minimum atomic E-state index is 0. The summed E-state index contributed by atoms with van der Waals surface area (Å²) in [6.45, 7) is 0. The Hall–Kier alpha value is 0.971. The number of hydrogen-bond donors (Lipinski definition) is 1. The predicted octanol–water partition coefficient (Wildman–Crippen LogP) is -0.774. The van der Waals surface area contributed by atoms with Gasteiger partial charge >= 0.3 is 48.9 Å². The third-order valence-electron chi connectivity index (χ3n) is 0. The van der Waals surface area contributed by atoms with Gasteiger partial charge in [0.1, 0.15) is 0 Å². The van der Waals surface area contributed by atoms with E-state index in [4.69, 9.17) is 10.1 Å². The van der Waals surface area contributed by atoms with Gasteiger partial charge in [-0.1, -0.05) is 0 Å². The zero-order valence-electron chi connectivity index (χ0n) is 1.30. The third-order valence-corrected chi connectivity index (χ3v) is 0. The Morgan fingerprint density at radius 3 is 1.75 bits per heavy atom. The molecule has 0 atom stereocenters. The molecule has 0 aromatic rings. The second kappa shape index (κ2) is 9.02. The molecular weight excluding hydrogens is 183 g/mol. The molecule has 0 aliphatic rings. The van der Waals surface area contributed by atoms with Gasteiger partial charge in [-0.05, 0) is 0 Å². The Labute approximate surface area is 63.4 Å². The molecule has 0 radical (unpaired) electrons. The van der Waals surface area contributed by atoms with Crippen molar-refractivity contribution in [2.45, 2.75) is 0 Å². The molecule has 0 aliphatic heterocycles. The minimum absolute atomic E-state index is 0. The molecule has 0 aromatic heterocycles. The molecule has 0 heterocycles. The SMILES string of the molecule is O=NO.[BaH2]. The van der Waals surface area contributed by atoms with E-state index in [0.29, 0.717) is 0 Å². The summed E-state index contributed by atoms with van der Waals surface area (Å²) >= 11 is 0. The monoisotopic (exact) mass is 187 g/mol. The fraction of sp³-hybridized carbons (Fsp3) is 0. The van der Waals surface area contributed by atoms with Gasteiger partial charge in [0.2, 0.25) is 0 Å². The molecule has 0 saturated carbocycles. The molecule has 4 heteroatoms. The van der Waals surface area contributed by atoms with E-state index >= 15 is 0 Å².